The molecule has 0 aromatic carbocycles. The second-order valence-electron chi connectivity index (χ2n) is 3.93. The fraction of sp³-hybridized carbons (Fsp3) is 0.0769. The van der Waals surface area contributed by atoms with Crippen LogP contribution in [0.25, 0.3) is 11.5 Å². The lowest BCUT2D eigenvalue weighted by Gasteiger charge is -2.08. The number of pyridine rings is 1. The van der Waals surface area contributed by atoms with E-state index in [0.29, 0.717) is 11.5 Å². The lowest BCUT2D eigenvalue weighted by atomic mass is 10.0. The van der Waals surface area contributed by atoms with Gasteiger partial charge in [0.15, 0.2) is 11.6 Å². The maximum Gasteiger partial charge on any atom is 0.246 e. The van der Waals surface area contributed by atoms with Crippen LogP contribution in [0.1, 0.15) is 21.0 Å². The van der Waals surface area contributed by atoms with Crippen LogP contribution in [0.4, 0.5) is 0 Å². The molecule has 0 aliphatic heterocycles. The van der Waals surface area contributed by atoms with Gasteiger partial charge < -0.3 is 9.72 Å². The predicted molar refractivity (Wildman–Crippen MR) is 65.6 cm³/mol. The van der Waals surface area contributed by atoms with Gasteiger partial charge in [-0.15, -0.1) is 0 Å². The molecule has 2 heterocycles. The Morgan fingerprint density at radius 2 is 2.11 bits per heavy atom. The molecule has 3 rings (SSSR count). The van der Waals surface area contributed by atoms with Crippen molar-refractivity contribution in [1.82, 2.24) is 15.0 Å². The fourth-order valence-corrected chi connectivity index (χ4v) is 1.87. The SMILES string of the molecule is COC1=CC(=O)c2nc(-c3ccccn3)[nH]c2C1=O. The highest BCUT2D eigenvalue weighted by atomic mass is 16.5. The predicted octanol–water partition coefficient (Wildman–Crippen LogP) is 1.38. The van der Waals surface area contributed by atoms with E-state index in [4.69, 9.17) is 4.74 Å². The van der Waals surface area contributed by atoms with Gasteiger partial charge in [0.2, 0.25) is 11.6 Å². The molecule has 0 unspecified atom stereocenters. The summed E-state index contributed by atoms with van der Waals surface area (Å²) in [4.78, 5) is 34.9. The maximum atomic E-state index is 12.0. The highest BCUT2D eigenvalue weighted by Crippen LogP contribution is 2.23. The molecule has 0 atom stereocenters. The van der Waals surface area contributed by atoms with Crippen LogP contribution in [-0.2, 0) is 4.74 Å². The Balaban J connectivity index is 2.11. The monoisotopic (exact) mass is 255 g/mol. The van der Waals surface area contributed by atoms with Crippen molar-refractivity contribution in [1.29, 1.82) is 0 Å². The Morgan fingerprint density at radius 3 is 2.79 bits per heavy atom. The van der Waals surface area contributed by atoms with E-state index < -0.39 is 0 Å². The molecule has 6 nitrogen and oxygen atoms in total. The first-order valence-electron chi connectivity index (χ1n) is 5.57. The number of aromatic amines is 1. The number of carbonyl (C=O) groups is 2. The second-order valence-corrected chi connectivity index (χ2v) is 3.93. The number of carbonyl (C=O) groups excluding carboxylic acids is 2. The molecule has 1 aliphatic carbocycles. The van der Waals surface area contributed by atoms with Gasteiger partial charge in [-0.05, 0) is 12.1 Å². The lowest BCUT2D eigenvalue weighted by molar-refractivity contribution is 0.0911. The molecule has 1 aliphatic rings. The summed E-state index contributed by atoms with van der Waals surface area (Å²) in [7, 11) is 1.35. The van der Waals surface area contributed by atoms with E-state index in [9.17, 15) is 9.59 Å². The topological polar surface area (TPSA) is 84.9 Å². The largest absolute Gasteiger partial charge is 0.492 e. The molecular formula is C13H9N3O3. The minimum atomic E-state index is -0.383. The first-order valence-corrected chi connectivity index (χ1v) is 5.57. The van der Waals surface area contributed by atoms with Crippen molar-refractivity contribution in [3.63, 3.8) is 0 Å². The standard InChI is InChI=1S/C13H9N3O3/c1-19-9-6-8(17)10-11(12(9)18)16-13(15-10)7-4-2-3-5-14-7/h2-6H,1H3,(H,15,16). The number of aromatic nitrogens is 3. The third-order valence-electron chi connectivity index (χ3n) is 2.78. The Kier molecular flexibility index (Phi) is 2.49. The van der Waals surface area contributed by atoms with Gasteiger partial charge in [0.1, 0.15) is 17.1 Å². The zero-order chi connectivity index (χ0) is 13.4. The Labute approximate surface area is 108 Å². The highest BCUT2D eigenvalue weighted by Gasteiger charge is 2.30. The molecule has 0 radical (unpaired) electrons. The minimum Gasteiger partial charge on any atom is -0.492 e. The number of nitrogens with one attached hydrogen (secondary N) is 1. The Morgan fingerprint density at radius 1 is 1.26 bits per heavy atom. The summed E-state index contributed by atoms with van der Waals surface area (Å²) in [5.74, 6) is -0.344. The number of Topliss-reactive ketones (excluding diaryl/α,β-unsaturated/α-hetero) is 1. The van der Waals surface area contributed by atoms with Crippen molar-refractivity contribution in [3.05, 3.63) is 47.6 Å². The van der Waals surface area contributed by atoms with E-state index in [0.717, 1.165) is 6.08 Å². The molecule has 6 heteroatoms. The second kappa shape index (κ2) is 4.16. The van der Waals surface area contributed by atoms with Gasteiger partial charge in [0.25, 0.3) is 0 Å². The van der Waals surface area contributed by atoms with E-state index in [1.54, 1.807) is 24.4 Å². The van der Waals surface area contributed by atoms with E-state index in [1.165, 1.54) is 7.11 Å². The molecule has 0 saturated heterocycles. The number of fused-ring (bicyclic) bond motifs is 1. The smallest absolute Gasteiger partial charge is 0.246 e. The van der Waals surface area contributed by atoms with Crippen LogP contribution in [0.3, 0.4) is 0 Å². The Bertz CT molecular complexity index is 701. The van der Waals surface area contributed by atoms with Gasteiger partial charge in [0.05, 0.1) is 7.11 Å². The first-order chi connectivity index (χ1) is 9.20. The summed E-state index contributed by atoms with van der Waals surface area (Å²) in [6.45, 7) is 0. The van der Waals surface area contributed by atoms with Crippen molar-refractivity contribution in [2.75, 3.05) is 7.11 Å². The van der Waals surface area contributed by atoms with Crippen LogP contribution in [0.5, 0.6) is 0 Å². The Hall–Kier alpha value is -2.76. The molecule has 0 amide bonds. The summed E-state index contributed by atoms with van der Waals surface area (Å²) in [6, 6.07) is 5.31. The third-order valence-corrected chi connectivity index (χ3v) is 2.78. The van der Waals surface area contributed by atoms with Crippen LogP contribution in [0.15, 0.2) is 36.2 Å². The number of hydrogen-bond acceptors (Lipinski definition) is 5. The van der Waals surface area contributed by atoms with Crippen LogP contribution < -0.4 is 0 Å². The molecule has 1 N–H and O–H groups in total. The van der Waals surface area contributed by atoms with E-state index in [1.807, 2.05) is 0 Å². The molecule has 2 aromatic rings. The molecule has 0 saturated carbocycles. The lowest BCUT2D eigenvalue weighted by Crippen LogP contribution is -2.17. The summed E-state index contributed by atoms with van der Waals surface area (Å²) >= 11 is 0. The maximum absolute atomic E-state index is 12.0. The van der Waals surface area contributed by atoms with Crippen LogP contribution in [0.2, 0.25) is 0 Å². The van der Waals surface area contributed by atoms with Crippen molar-refractivity contribution in [2.45, 2.75) is 0 Å². The zero-order valence-corrected chi connectivity index (χ0v) is 10.0. The van der Waals surface area contributed by atoms with E-state index in [-0.39, 0.29) is 28.7 Å². The molecule has 0 bridgehead atoms. The summed E-state index contributed by atoms with van der Waals surface area (Å²) in [6.07, 6.45) is 2.76. The molecule has 0 spiro atoms. The van der Waals surface area contributed by atoms with E-state index in [2.05, 4.69) is 15.0 Å². The zero-order valence-electron chi connectivity index (χ0n) is 10.0. The number of imidazole rings is 1. The average Bonchev–Trinajstić information content (AvgIpc) is 2.90. The van der Waals surface area contributed by atoms with Gasteiger partial charge in [-0.1, -0.05) is 6.07 Å². The molecular weight excluding hydrogens is 246 g/mol. The van der Waals surface area contributed by atoms with Gasteiger partial charge >= 0.3 is 0 Å². The van der Waals surface area contributed by atoms with Gasteiger partial charge in [-0.3, -0.25) is 14.6 Å². The molecule has 0 fully saturated rings. The summed E-state index contributed by atoms with van der Waals surface area (Å²) < 4.78 is 4.87. The van der Waals surface area contributed by atoms with Crippen LogP contribution in [0, 0.1) is 0 Å². The fourth-order valence-electron chi connectivity index (χ4n) is 1.87. The van der Waals surface area contributed by atoms with Gasteiger partial charge in [-0.25, -0.2) is 4.98 Å². The average molecular weight is 255 g/mol. The number of ketones is 2. The van der Waals surface area contributed by atoms with Crippen molar-refractivity contribution in [2.24, 2.45) is 0 Å². The summed E-state index contributed by atoms with van der Waals surface area (Å²) in [5, 5.41) is 0. The van der Waals surface area contributed by atoms with Crippen molar-refractivity contribution in [3.8, 4) is 11.5 Å². The molecule has 2 aromatic heterocycles. The molecule has 19 heavy (non-hydrogen) atoms. The van der Waals surface area contributed by atoms with Crippen molar-refractivity contribution < 1.29 is 14.3 Å². The highest BCUT2D eigenvalue weighted by molar-refractivity contribution is 6.22. The first kappa shape index (κ1) is 11.3. The van der Waals surface area contributed by atoms with E-state index >= 15 is 0 Å². The van der Waals surface area contributed by atoms with Crippen LogP contribution >= 0.6 is 0 Å². The number of hydrogen-bond donors (Lipinski definition) is 1. The quantitative estimate of drug-likeness (QED) is 0.876. The van der Waals surface area contributed by atoms with Gasteiger partial charge in [-0.2, -0.15) is 0 Å². The number of H-pyrrole nitrogens is 1. The van der Waals surface area contributed by atoms with Crippen molar-refractivity contribution >= 4 is 11.6 Å². The van der Waals surface area contributed by atoms with Crippen LogP contribution in [-0.4, -0.2) is 33.6 Å². The number of allylic oxidation sites excluding steroid dienone is 2. The summed E-state index contributed by atoms with van der Waals surface area (Å²) in [5.41, 5.74) is 0.813. The number of ether oxygens (including phenoxy) is 1. The number of methoxy groups -OCH3 is 1. The number of rotatable bonds is 2. The third kappa shape index (κ3) is 1.74. The number of nitrogens with zero attached hydrogens (tertiary/aromatic N) is 2. The minimum absolute atomic E-state index is 0.00807. The normalized spacial score (nSPS) is 14.1. The molecule has 94 valence electrons. The van der Waals surface area contributed by atoms with Gasteiger partial charge in [0, 0.05) is 12.3 Å².